The first kappa shape index (κ1) is 23.1. The predicted octanol–water partition coefficient (Wildman–Crippen LogP) is 2.26. The highest BCUT2D eigenvalue weighted by Gasteiger charge is 2.30. The average Bonchev–Trinajstić information content (AvgIpc) is 3.14. The molecule has 0 spiro atoms. The van der Waals surface area contributed by atoms with E-state index in [0.29, 0.717) is 17.5 Å². The number of carboxylic acid groups (broad SMARTS) is 1. The molecule has 2 aromatic heterocycles. The maximum atomic E-state index is 12.6. The highest BCUT2D eigenvalue weighted by atomic mass is 35.5. The summed E-state index contributed by atoms with van der Waals surface area (Å²) in [6.45, 7) is 0. The summed E-state index contributed by atoms with van der Waals surface area (Å²) in [6, 6.07) is 4.03. The van der Waals surface area contributed by atoms with Crippen molar-refractivity contribution in [2.75, 3.05) is 0 Å². The molecule has 0 radical (unpaired) electrons. The van der Waals surface area contributed by atoms with Crippen molar-refractivity contribution in [3.05, 3.63) is 59.0 Å². The molecule has 0 aliphatic carbocycles. The van der Waals surface area contributed by atoms with Crippen molar-refractivity contribution in [2.24, 2.45) is 5.73 Å². The van der Waals surface area contributed by atoms with Crippen molar-refractivity contribution in [3.8, 4) is 5.75 Å². The lowest BCUT2D eigenvalue weighted by Gasteiger charge is -2.12. The van der Waals surface area contributed by atoms with Crippen LogP contribution in [0.25, 0.3) is 5.65 Å². The molecule has 3 aromatic rings. The van der Waals surface area contributed by atoms with Crippen LogP contribution >= 0.6 is 12.4 Å². The summed E-state index contributed by atoms with van der Waals surface area (Å²) in [5, 5.41) is 23.0. The lowest BCUT2D eigenvalue weighted by molar-refractivity contribution is -0.138. The Labute approximate surface area is 173 Å². The highest BCUT2D eigenvalue weighted by molar-refractivity contribution is 6.12. The Morgan fingerprint density at radius 2 is 1.80 bits per heavy atom. The van der Waals surface area contributed by atoms with Crippen molar-refractivity contribution in [3.63, 3.8) is 0 Å². The van der Waals surface area contributed by atoms with Gasteiger partial charge in [0.05, 0.1) is 5.56 Å². The van der Waals surface area contributed by atoms with E-state index in [2.05, 4.69) is 10.1 Å². The van der Waals surface area contributed by atoms with Crippen LogP contribution in [0.5, 0.6) is 5.75 Å². The quantitative estimate of drug-likeness (QED) is 0.392. The molecule has 1 atom stereocenters. The fourth-order valence-corrected chi connectivity index (χ4v) is 2.84. The fraction of sp³-hybridized carbons (Fsp3) is 0.222. The molecule has 1 aromatic carbocycles. The Bertz CT molecular complexity index is 1080. The number of carboxylic acids is 1. The zero-order chi connectivity index (χ0) is 21.3. The molecule has 0 saturated heterocycles. The number of aliphatic carboxylic acids is 1. The summed E-state index contributed by atoms with van der Waals surface area (Å²) in [5.41, 5.74) is 5.47. The monoisotopic (exact) mass is 444 g/mol. The van der Waals surface area contributed by atoms with Gasteiger partial charge in [0.15, 0.2) is 17.4 Å². The fourth-order valence-electron chi connectivity index (χ4n) is 2.84. The third-order valence-electron chi connectivity index (χ3n) is 4.35. The number of alkyl halides is 3. The van der Waals surface area contributed by atoms with E-state index in [-0.39, 0.29) is 24.5 Å². The Hall–Kier alpha value is -3.18. The lowest BCUT2D eigenvalue weighted by atomic mass is 10.0. The maximum absolute atomic E-state index is 12.6. The number of aromatic hydroxyl groups is 1. The maximum Gasteiger partial charge on any atom is 0.416 e. The number of pyridine rings is 1. The molecular formula is C18H16ClF3N4O4. The number of Topliss-reactive ketones (excluding diaryl/α,β-unsaturated/α-hetero) is 1. The van der Waals surface area contributed by atoms with Crippen LogP contribution in [0, 0.1) is 0 Å². The SMILES string of the molecule is Cl.NC(C(=O)O)C(=O)c1c(O)cc(CCc2ccc(C(F)(F)F)cc2)c2ncnn12. The molecule has 4 N–H and O–H groups in total. The number of ketones is 1. The molecule has 30 heavy (non-hydrogen) atoms. The van der Waals surface area contributed by atoms with Crippen molar-refractivity contribution < 1.29 is 33.0 Å². The normalized spacial score (nSPS) is 12.4. The van der Waals surface area contributed by atoms with Crippen LogP contribution in [0.2, 0.25) is 0 Å². The van der Waals surface area contributed by atoms with Crippen LogP contribution in [0.3, 0.4) is 0 Å². The number of aryl methyl sites for hydroxylation is 2. The number of benzene rings is 1. The number of hydrogen-bond acceptors (Lipinski definition) is 6. The number of nitrogens with two attached hydrogens (primary N) is 1. The topological polar surface area (TPSA) is 131 Å². The van der Waals surface area contributed by atoms with E-state index in [1.165, 1.54) is 18.2 Å². The standard InChI is InChI=1S/C18H15F3N4O4.ClH/c19-18(20,21)11-5-2-9(3-6-11)1-4-10-7-12(26)14(15(27)13(22)17(28)29)25-16(10)23-8-24-25;/h2-3,5-8,13,26H,1,4,22H2,(H,28,29);1H. The summed E-state index contributed by atoms with van der Waals surface area (Å²) in [4.78, 5) is 27.3. The van der Waals surface area contributed by atoms with Gasteiger partial charge in [-0.2, -0.15) is 18.3 Å². The first-order chi connectivity index (χ1) is 13.6. The van der Waals surface area contributed by atoms with Gasteiger partial charge >= 0.3 is 12.1 Å². The van der Waals surface area contributed by atoms with Crippen LogP contribution in [0.15, 0.2) is 36.7 Å². The number of nitrogens with zero attached hydrogens (tertiary/aromatic N) is 3. The third kappa shape index (κ3) is 4.52. The Kier molecular flexibility index (Phi) is 6.68. The second-order valence-corrected chi connectivity index (χ2v) is 6.27. The van der Waals surface area contributed by atoms with E-state index in [9.17, 15) is 27.9 Å². The Morgan fingerprint density at radius 3 is 2.37 bits per heavy atom. The molecule has 0 fully saturated rings. The third-order valence-corrected chi connectivity index (χ3v) is 4.35. The van der Waals surface area contributed by atoms with Gasteiger partial charge < -0.3 is 15.9 Å². The van der Waals surface area contributed by atoms with Gasteiger partial charge in [-0.05, 0) is 36.6 Å². The molecule has 12 heteroatoms. The van der Waals surface area contributed by atoms with Crippen LogP contribution in [-0.4, -0.2) is 42.6 Å². The second kappa shape index (κ2) is 8.67. The number of fused-ring (bicyclic) bond motifs is 1. The van der Waals surface area contributed by atoms with Gasteiger partial charge in [-0.25, -0.2) is 9.50 Å². The van der Waals surface area contributed by atoms with E-state index in [1.54, 1.807) is 0 Å². The largest absolute Gasteiger partial charge is 0.506 e. The van der Waals surface area contributed by atoms with Crippen LogP contribution in [0.4, 0.5) is 13.2 Å². The molecule has 1 unspecified atom stereocenters. The number of halogens is 4. The minimum Gasteiger partial charge on any atom is -0.506 e. The Morgan fingerprint density at radius 1 is 1.17 bits per heavy atom. The average molecular weight is 445 g/mol. The zero-order valence-electron chi connectivity index (χ0n) is 15.1. The number of hydrogen-bond donors (Lipinski definition) is 3. The molecule has 0 bridgehead atoms. The molecule has 8 nitrogen and oxygen atoms in total. The summed E-state index contributed by atoms with van der Waals surface area (Å²) in [5.74, 6) is -3.12. The van der Waals surface area contributed by atoms with Gasteiger partial charge in [-0.3, -0.25) is 9.59 Å². The number of carbonyl (C=O) groups is 2. The zero-order valence-corrected chi connectivity index (χ0v) is 15.9. The summed E-state index contributed by atoms with van der Waals surface area (Å²) in [7, 11) is 0. The number of rotatable bonds is 6. The summed E-state index contributed by atoms with van der Waals surface area (Å²) in [6.07, 6.45) is -2.68. The minimum atomic E-state index is -4.42. The van der Waals surface area contributed by atoms with Crippen molar-refractivity contribution >= 4 is 29.8 Å². The first-order valence-corrected chi connectivity index (χ1v) is 8.33. The van der Waals surface area contributed by atoms with Crippen LogP contribution in [0.1, 0.15) is 27.2 Å². The first-order valence-electron chi connectivity index (χ1n) is 8.33. The van der Waals surface area contributed by atoms with Crippen LogP contribution < -0.4 is 5.73 Å². The number of aromatic nitrogens is 3. The van der Waals surface area contributed by atoms with E-state index in [1.807, 2.05) is 0 Å². The summed E-state index contributed by atoms with van der Waals surface area (Å²) >= 11 is 0. The van der Waals surface area contributed by atoms with E-state index in [4.69, 9.17) is 10.8 Å². The molecule has 3 rings (SSSR count). The molecule has 0 aliphatic rings. The van der Waals surface area contributed by atoms with Crippen LogP contribution in [-0.2, 0) is 23.8 Å². The van der Waals surface area contributed by atoms with E-state index < -0.39 is 41.0 Å². The van der Waals surface area contributed by atoms with Gasteiger partial charge in [-0.1, -0.05) is 12.1 Å². The van der Waals surface area contributed by atoms with Gasteiger partial charge in [0, 0.05) is 5.56 Å². The molecule has 160 valence electrons. The molecular weight excluding hydrogens is 429 g/mol. The van der Waals surface area contributed by atoms with E-state index in [0.717, 1.165) is 23.0 Å². The lowest BCUT2D eigenvalue weighted by Crippen LogP contribution is -2.39. The summed E-state index contributed by atoms with van der Waals surface area (Å²) < 4.78 is 38.9. The van der Waals surface area contributed by atoms with Crippen molar-refractivity contribution in [2.45, 2.75) is 25.1 Å². The smallest absolute Gasteiger partial charge is 0.416 e. The number of carbonyl (C=O) groups excluding carboxylic acids is 1. The molecule has 0 aliphatic heterocycles. The van der Waals surface area contributed by atoms with Gasteiger partial charge in [0.1, 0.15) is 12.1 Å². The Balaban J connectivity index is 0.00000320. The second-order valence-electron chi connectivity index (χ2n) is 6.27. The van der Waals surface area contributed by atoms with Gasteiger partial charge in [0.25, 0.3) is 0 Å². The molecule has 0 amide bonds. The molecule has 0 saturated carbocycles. The minimum absolute atomic E-state index is 0. The highest BCUT2D eigenvalue weighted by Crippen LogP contribution is 2.29. The van der Waals surface area contributed by atoms with E-state index >= 15 is 0 Å². The van der Waals surface area contributed by atoms with Gasteiger partial charge in [-0.15, -0.1) is 12.4 Å². The van der Waals surface area contributed by atoms with Crippen molar-refractivity contribution in [1.82, 2.24) is 14.6 Å². The predicted molar refractivity (Wildman–Crippen MR) is 101 cm³/mol. The molecule has 2 heterocycles. The van der Waals surface area contributed by atoms with Gasteiger partial charge in [0.2, 0.25) is 5.78 Å². The van der Waals surface area contributed by atoms with Crippen molar-refractivity contribution in [1.29, 1.82) is 0 Å².